The Morgan fingerprint density at radius 1 is 1.20 bits per heavy atom. The zero-order chi connectivity index (χ0) is 10.5. The van der Waals surface area contributed by atoms with Crippen molar-refractivity contribution in [3.8, 4) is 0 Å². The van der Waals surface area contributed by atoms with Crippen molar-refractivity contribution in [1.82, 2.24) is 10.2 Å². The fourth-order valence-corrected chi connectivity index (χ4v) is 2.38. The SMILES string of the molecule is CN1CCC(NC2=NCCCCC2)CC1. The van der Waals surface area contributed by atoms with Gasteiger partial charge in [-0.05, 0) is 45.8 Å². The first-order valence-corrected chi connectivity index (χ1v) is 6.33. The number of hydrogen-bond donors (Lipinski definition) is 1. The summed E-state index contributed by atoms with van der Waals surface area (Å²) in [5.41, 5.74) is 0. The average molecular weight is 209 g/mol. The lowest BCUT2D eigenvalue weighted by Crippen LogP contribution is -2.43. The Kier molecular flexibility index (Phi) is 4.01. The fraction of sp³-hybridized carbons (Fsp3) is 0.917. The number of piperidine rings is 1. The highest BCUT2D eigenvalue weighted by atomic mass is 15.1. The van der Waals surface area contributed by atoms with Crippen molar-refractivity contribution < 1.29 is 0 Å². The normalized spacial score (nSPS) is 25.8. The predicted molar refractivity (Wildman–Crippen MR) is 64.4 cm³/mol. The van der Waals surface area contributed by atoms with E-state index in [0.29, 0.717) is 6.04 Å². The van der Waals surface area contributed by atoms with Crippen LogP contribution in [0.4, 0.5) is 0 Å². The Labute approximate surface area is 92.9 Å². The highest BCUT2D eigenvalue weighted by Gasteiger charge is 2.17. The van der Waals surface area contributed by atoms with Gasteiger partial charge >= 0.3 is 0 Å². The molecule has 0 bridgehead atoms. The van der Waals surface area contributed by atoms with Gasteiger partial charge in [0.15, 0.2) is 0 Å². The Balaban J connectivity index is 1.77. The molecule has 0 spiro atoms. The first kappa shape index (κ1) is 10.9. The zero-order valence-corrected chi connectivity index (χ0v) is 9.84. The number of aliphatic imine (C=N–C) groups is 1. The Bertz CT molecular complexity index is 217. The maximum atomic E-state index is 4.63. The van der Waals surface area contributed by atoms with E-state index >= 15 is 0 Å². The zero-order valence-electron chi connectivity index (χ0n) is 9.84. The van der Waals surface area contributed by atoms with Gasteiger partial charge in [0.2, 0.25) is 0 Å². The third-order valence-corrected chi connectivity index (χ3v) is 3.46. The molecule has 2 aliphatic heterocycles. The van der Waals surface area contributed by atoms with Crippen LogP contribution in [-0.4, -0.2) is 43.5 Å². The van der Waals surface area contributed by atoms with Crippen LogP contribution in [0.2, 0.25) is 0 Å². The Morgan fingerprint density at radius 3 is 2.80 bits per heavy atom. The minimum Gasteiger partial charge on any atom is -0.371 e. The minimum absolute atomic E-state index is 0.679. The summed E-state index contributed by atoms with van der Waals surface area (Å²) in [6.45, 7) is 3.49. The van der Waals surface area contributed by atoms with Crippen LogP contribution in [0.15, 0.2) is 4.99 Å². The number of rotatable bonds is 1. The van der Waals surface area contributed by atoms with E-state index in [1.165, 1.54) is 57.5 Å². The lowest BCUT2D eigenvalue weighted by molar-refractivity contribution is 0.246. The largest absolute Gasteiger partial charge is 0.371 e. The molecule has 0 unspecified atom stereocenters. The van der Waals surface area contributed by atoms with Gasteiger partial charge in [-0.3, -0.25) is 4.99 Å². The first-order chi connectivity index (χ1) is 7.34. The van der Waals surface area contributed by atoms with Crippen molar-refractivity contribution in [2.24, 2.45) is 4.99 Å². The van der Waals surface area contributed by atoms with Crippen molar-refractivity contribution in [1.29, 1.82) is 0 Å². The number of hydrogen-bond acceptors (Lipinski definition) is 3. The first-order valence-electron chi connectivity index (χ1n) is 6.33. The van der Waals surface area contributed by atoms with Crippen molar-refractivity contribution in [3.63, 3.8) is 0 Å². The van der Waals surface area contributed by atoms with E-state index in [4.69, 9.17) is 0 Å². The monoisotopic (exact) mass is 209 g/mol. The molecule has 3 heteroatoms. The molecule has 0 aromatic carbocycles. The summed E-state index contributed by atoms with van der Waals surface area (Å²) in [6.07, 6.45) is 7.66. The van der Waals surface area contributed by atoms with E-state index in [9.17, 15) is 0 Å². The van der Waals surface area contributed by atoms with E-state index in [2.05, 4.69) is 22.3 Å². The molecule has 1 saturated heterocycles. The average Bonchev–Trinajstić information content (AvgIpc) is 2.50. The van der Waals surface area contributed by atoms with Crippen LogP contribution >= 0.6 is 0 Å². The van der Waals surface area contributed by atoms with E-state index < -0.39 is 0 Å². The van der Waals surface area contributed by atoms with Crippen molar-refractivity contribution >= 4 is 5.84 Å². The summed E-state index contributed by atoms with van der Waals surface area (Å²) in [6, 6.07) is 0.679. The summed E-state index contributed by atoms with van der Waals surface area (Å²) >= 11 is 0. The molecule has 0 aromatic rings. The topological polar surface area (TPSA) is 27.6 Å². The van der Waals surface area contributed by atoms with Gasteiger partial charge in [0.1, 0.15) is 0 Å². The third kappa shape index (κ3) is 3.49. The molecule has 2 rings (SSSR count). The Hall–Kier alpha value is -0.570. The van der Waals surface area contributed by atoms with Gasteiger partial charge in [0, 0.05) is 19.0 Å². The molecule has 0 aliphatic carbocycles. The molecule has 86 valence electrons. The molecule has 2 aliphatic rings. The van der Waals surface area contributed by atoms with E-state index in [1.54, 1.807) is 0 Å². The molecule has 15 heavy (non-hydrogen) atoms. The van der Waals surface area contributed by atoms with Crippen LogP contribution in [0.3, 0.4) is 0 Å². The molecule has 0 aromatic heterocycles. The van der Waals surface area contributed by atoms with Gasteiger partial charge in [-0.15, -0.1) is 0 Å². The van der Waals surface area contributed by atoms with Crippen molar-refractivity contribution in [2.75, 3.05) is 26.7 Å². The van der Waals surface area contributed by atoms with E-state index in [-0.39, 0.29) is 0 Å². The lowest BCUT2D eigenvalue weighted by Gasteiger charge is -2.30. The molecular weight excluding hydrogens is 186 g/mol. The van der Waals surface area contributed by atoms with Gasteiger partial charge < -0.3 is 10.2 Å². The molecule has 0 atom stereocenters. The second-order valence-electron chi connectivity index (χ2n) is 4.86. The highest BCUT2D eigenvalue weighted by Crippen LogP contribution is 2.11. The number of amidine groups is 1. The van der Waals surface area contributed by atoms with E-state index in [1.807, 2.05) is 0 Å². The molecular formula is C12H23N3. The summed E-state index contributed by atoms with van der Waals surface area (Å²) in [4.78, 5) is 7.04. The quantitative estimate of drug-likeness (QED) is 0.711. The van der Waals surface area contributed by atoms with Crippen LogP contribution in [0, 0.1) is 0 Å². The number of nitrogens with one attached hydrogen (secondary N) is 1. The molecule has 0 saturated carbocycles. The van der Waals surface area contributed by atoms with Crippen LogP contribution in [0.25, 0.3) is 0 Å². The van der Waals surface area contributed by atoms with Gasteiger partial charge in [0.25, 0.3) is 0 Å². The second kappa shape index (κ2) is 5.50. The van der Waals surface area contributed by atoms with Gasteiger partial charge in [-0.1, -0.05) is 6.42 Å². The smallest absolute Gasteiger partial charge is 0.0965 e. The Morgan fingerprint density at radius 2 is 2.00 bits per heavy atom. The summed E-state index contributed by atoms with van der Waals surface area (Å²) in [5, 5.41) is 3.64. The standard InChI is InChI=1S/C12H23N3/c1-15-9-6-11(7-10-15)14-12-5-3-2-4-8-13-12/h11H,2-10H2,1H3,(H,13,14). The molecule has 0 radical (unpaired) electrons. The van der Waals surface area contributed by atoms with Crippen LogP contribution in [0.1, 0.15) is 38.5 Å². The summed E-state index contributed by atoms with van der Waals surface area (Å²) in [5.74, 6) is 1.28. The predicted octanol–water partition coefficient (Wildman–Crippen LogP) is 1.64. The van der Waals surface area contributed by atoms with Gasteiger partial charge in [0.05, 0.1) is 5.84 Å². The maximum absolute atomic E-state index is 4.63. The molecule has 1 N–H and O–H groups in total. The fourth-order valence-electron chi connectivity index (χ4n) is 2.38. The summed E-state index contributed by atoms with van der Waals surface area (Å²) in [7, 11) is 2.21. The summed E-state index contributed by atoms with van der Waals surface area (Å²) < 4.78 is 0. The van der Waals surface area contributed by atoms with Crippen LogP contribution in [0.5, 0.6) is 0 Å². The van der Waals surface area contributed by atoms with Crippen molar-refractivity contribution in [3.05, 3.63) is 0 Å². The van der Waals surface area contributed by atoms with Crippen LogP contribution < -0.4 is 5.32 Å². The minimum atomic E-state index is 0.679. The highest BCUT2D eigenvalue weighted by molar-refractivity contribution is 5.82. The maximum Gasteiger partial charge on any atom is 0.0965 e. The molecule has 0 amide bonds. The number of nitrogens with zero attached hydrogens (tertiary/aromatic N) is 2. The van der Waals surface area contributed by atoms with Gasteiger partial charge in [-0.25, -0.2) is 0 Å². The lowest BCUT2D eigenvalue weighted by atomic mass is 10.1. The number of likely N-dealkylation sites (tertiary alicyclic amines) is 1. The molecule has 1 fully saturated rings. The second-order valence-corrected chi connectivity index (χ2v) is 4.86. The van der Waals surface area contributed by atoms with E-state index in [0.717, 1.165) is 6.54 Å². The van der Waals surface area contributed by atoms with Crippen molar-refractivity contribution in [2.45, 2.75) is 44.6 Å². The molecule has 2 heterocycles. The molecule has 3 nitrogen and oxygen atoms in total. The van der Waals surface area contributed by atoms with Crippen LogP contribution in [-0.2, 0) is 0 Å². The van der Waals surface area contributed by atoms with Gasteiger partial charge in [-0.2, -0.15) is 0 Å². The third-order valence-electron chi connectivity index (χ3n) is 3.46.